The predicted molar refractivity (Wildman–Crippen MR) is 64.2 cm³/mol. The van der Waals surface area contributed by atoms with E-state index in [4.69, 9.17) is 10.3 Å². The highest BCUT2D eigenvalue weighted by Gasteiger charge is 2.12. The lowest BCUT2D eigenvalue weighted by atomic mass is 10.0. The Morgan fingerprint density at radius 1 is 1.31 bits per heavy atom. The van der Waals surface area contributed by atoms with Gasteiger partial charge in [0.05, 0.1) is 6.20 Å². The molecule has 0 bridgehead atoms. The lowest BCUT2D eigenvalue weighted by molar-refractivity contribution is 0.431. The molecular formula is C13H16N2O. The molecule has 1 heterocycles. The fourth-order valence-corrected chi connectivity index (χ4v) is 1.88. The van der Waals surface area contributed by atoms with E-state index in [0.717, 1.165) is 23.3 Å². The second-order valence-electron chi connectivity index (χ2n) is 4.04. The Hall–Kier alpha value is -1.61. The molecule has 3 heteroatoms. The Bertz CT molecular complexity index is 488. The molecule has 2 aromatic rings. The Kier molecular flexibility index (Phi) is 3.06. The Balaban J connectivity index is 2.46. The van der Waals surface area contributed by atoms with Crippen molar-refractivity contribution >= 4 is 0 Å². The summed E-state index contributed by atoms with van der Waals surface area (Å²) in [6.45, 7) is 4.77. The third kappa shape index (κ3) is 1.99. The van der Waals surface area contributed by atoms with Crippen molar-refractivity contribution in [1.29, 1.82) is 0 Å². The first kappa shape index (κ1) is 10.9. The minimum Gasteiger partial charge on any atom is -0.356 e. The third-order valence-electron chi connectivity index (χ3n) is 2.68. The number of aromatic nitrogens is 1. The predicted octanol–water partition coefficient (Wildman–Crippen LogP) is 2.46. The van der Waals surface area contributed by atoms with Crippen molar-refractivity contribution in [2.24, 2.45) is 5.73 Å². The van der Waals surface area contributed by atoms with Crippen LogP contribution in [-0.2, 0) is 6.42 Å². The number of nitrogens with zero attached hydrogens (tertiary/aromatic N) is 1. The summed E-state index contributed by atoms with van der Waals surface area (Å²) in [6, 6.07) is 6.30. The number of hydrogen-bond donors (Lipinski definition) is 1. The largest absolute Gasteiger partial charge is 0.356 e. The monoisotopic (exact) mass is 216 g/mol. The zero-order valence-corrected chi connectivity index (χ0v) is 9.66. The summed E-state index contributed by atoms with van der Waals surface area (Å²) in [4.78, 5) is 0. The molecule has 2 rings (SSSR count). The maximum absolute atomic E-state index is 5.56. The van der Waals surface area contributed by atoms with Crippen LogP contribution in [0, 0.1) is 13.8 Å². The summed E-state index contributed by atoms with van der Waals surface area (Å²) in [5.74, 6) is 0.850. The maximum Gasteiger partial charge on any atom is 0.170 e. The van der Waals surface area contributed by atoms with Gasteiger partial charge in [-0.3, -0.25) is 0 Å². The third-order valence-corrected chi connectivity index (χ3v) is 2.68. The molecule has 0 spiro atoms. The van der Waals surface area contributed by atoms with Gasteiger partial charge in [0.15, 0.2) is 5.76 Å². The van der Waals surface area contributed by atoms with Crippen molar-refractivity contribution < 1.29 is 4.52 Å². The van der Waals surface area contributed by atoms with Crippen LogP contribution in [0.15, 0.2) is 28.9 Å². The second kappa shape index (κ2) is 4.49. The first-order chi connectivity index (χ1) is 7.72. The van der Waals surface area contributed by atoms with Crippen LogP contribution in [0.2, 0.25) is 0 Å². The highest BCUT2D eigenvalue weighted by atomic mass is 16.5. The number of benzene rings is 1. The summed E-state index contributed by atoms with van der Waals surface area (Å²) in [6.07, 6.45) is 2.55. The minimum atomic E-state index is 0.610. The Labute approximate surface area is 95.3 Å². The van der Waals surface area contributed by atoms with Crippen molar-refractivity contribution in [1.82, 2.24) is 5.16 Å². The summed E-state index contributed by atoms with van der Waals surface area (Å²) in [5, 5.41) is 3.85. The molecule has 84 valence electrons. The molecule has 0 aliphatic rings. The van der Waals surface area contributed by atoms with E-state index in [0.29, 0.717) is 6.54 Å². The van der Waals surface area contributed by atoms with E-state index < -0.39 is 0 Å². The molecule has 1 aromatic carbocycles. The normalized spacial score (nSPS) is 10.7. The number of aryl methyl sites for hydroxylation is 2. The zero-order chi connectivity index (χ0) is 11.5. The summed E-state index contributed by atoms with van der Waals surface area (Å²) < 4.78 is 5.32. The zero-order valence-electron chi connectivity index (χ0n) is 9.66. The van der Waals surface area contributed by atoms with E-state index in [1.165, 1.54) is 11.1 Å². The first-order valence-corrected chi connectivity index (χ1v) is 5.43. The lowest BCUT2D eigenvalue weighted by Crippen LogP contribution is -2.02. The van der Waals surface area contributed by atoms with Crippen LogP contribution in [0.5, 0.6) is 0 Å². The fourth-order valence-electron chi connectivity index (χ4n) is 1.88. The van der Waals surface area contributed by atoms with Crippen LogP contribution >= 0.6 is 0 Å². The molecule has 0 atom stereocenters. The highest BCUT2D eigenvalue weighted by molar-refractivity contribution is 5.65. The Morgan fingerprint density at radius 3 is 2.81 bits per heavy atom. The first-order valence-electron chi connectivity index (χ1n) is 5.43. The molecule has 3 nitrogen and oxygen atoms in total. The van der Waals surface area contributed by atoms with Gasteiger partial charge in [-0.1, -0.05) is 28.9 Å². The average Bonchev–Trinajstić information content (AvgIpc) is 2.67. The van der Waals surface area contributed by atoms with Gasteiger partial charge in [0.1, 0.15) is 0 Å². The quantitative estimate of drug-likeness (QED) is 0.857. The molecule has 0 amide bonds. The smallest absolute Gasteiger partial charge is 0.170 e. The highest BCUT2D eigenvalue weighted by Crippen LogP contribution is 2.27. The molecule has 0 unspecified atom stereocenters. The second-order valence-corrected chi connectivity index (χ2v) is 4.04. The molecule has 0 fully saturated rings. The van der Waals surface area contributed by atoms with Gasteiger partial charge < -0.3 is 10.3 Å². The standard InChI is InChI=1S/C13H16N2O/c1-9-3-4-12(10(2)7-9)13-11(5-6-14)8-15-16-13/h3-4,7-8H,5-6,14H2,1-2H3. The number of hydrogen-bond acceptors (Lipinski definition) is 3. The average molecular weight is 216 g/mol. The van der Waals surface area contributed by atoms with E-state index in [9.17, 15) is 0 Å². The molecule has 0 saturated carbocycles. The minimum absolute atomic E-state index is 0.610. The molecule has 0 aliphatic carbocycles. The molecule has 16 heavy (non-hydrogen) atoms. The van der Waals surface area contributed by atoms with Gasteiger partial charge in [-0.05, 0) is 32.4 Å². The van der Waals surface area contributed by atoms with Crippen molar-refractivity contribution in [3.63, 3.8) is 0 Å². The van der Waals surface area contributed by atoms with Crippen LogP contribution in [0.4, 0.5) is 0 Å². The van der Waals surface area contributed by atoms with Gasteiger partial charge in [0.2, 0.25) is 0 Å². The molecule has 0 aliphatic heterocycles. The summed E-state index contributed by atoms with van der Waals surface area (Å²) in [5.41, 5.74) is 10.2. The fraction of sp³-hybridized carbons (Fsp3) is 0.308. The summed E-state index contributed by atoms with van der Waals surface area (Å²) >= 11 is 0. The topological polar surface area (TPSA) is 52.0 Å². The molecule has 1 aromatic heterocycles. The SMILES string of the molecule is Cc1ccc(-c2oncc2CCN)c(C)c1. The molecular weight excluding hydrogens is 200 g/mol. The van der Waals surface area contributed by atoms with Crippen LogP contribution in [0.1, 0.15) is 16.7 Å². The van der Waals surface area contributed by atoms with E-state index in [1.807, 2.05) is 0 Å². The molecule has 0 radical (unpaired) electrons. The van der Waals surface area contributed by atoms with E-state index in [1.54, 1.807) is 6.20 Å². The van der Waals surface area contributed by atoms with Crippen molar-refractivity contribution in [2.75, 3.05) is 6.54 Å². The van der Waals surface area contributed by atoms with E-state index in [-0.39, 0.29) is 0 Å². The summed E-state index contributed by atoms with van der Waals surface area (Å²) in [7, 11) is 0. The molecule has 0 saturated heterocycles. The van der Waals surface area contributed by atoms with Crippen molar-refractivity contribution in [3.05, 3.63) is 41.1 Å². The van der Waals surface area contributed by atoms with Gasteiger partial charge in [0, 0.05) is 11.1 Å². The van der Waals surface area contributed by atoms with Crippen LogP contribution in [-0.4, -0.2) is 11.7 Å². The van der Waals surface area contributed by atoms with E-state index in [2.05, 4.69) is 37.2 Å². The van der Waals surface area contributed by atoms with Gasteiger partial charge in [-0.2, -0.15) is 0 Å². The van der Waals surface area contributed by atoms with Crippen molar-refractivity contribution in [2.45, 2.75) is 20.3 Å². The van der Waals surface area contributed by atoms with Crippen LogP contribution < -0.4 is 5.73 Å². The molecule has 2 N–H and O–H groups in total. The maximum atomic E-state index is 5.56. The Morgan fingerprint density at radius 2 is 2.12 bits per heavy atom. The van der Waals surface area contributed by atoms with E-state index >= 15 is 0 Å². The van der Waals surface area contributed by atoms with Crippen LogP contribution in [0.25, 0.3) is 11.3 Å². The number of nitrogens with two attached hydrogens (primary N) is 1. The number of rotatable bonds is 3. The van der Waals surface area contributed by atoms with Crippen molar-refractivity contribution in [3.8, 4) is 11.3 Å². The van der Waals surface area contributed by atoms with Gasteiger partial charge in [0.25, 0.3) is 0 Å². The van der Waals surface area contributed by atoms with Crippen LogP contribution in [0.3, 0.4) is 0 Å². The van der Waals surface area contributed by atoms with Gasteiger partial charge in [-0.15, -0.1) is 0 Å². The van der Waals surface area contributed by atoms with Gasteiger partial charge in [-0.25, -0.2) is 0 Å². The van der Waals surface area contributed by atoms with Gasteiger partial charge >= 0.3 is 0 Å². The lowest BCUT2D eigenvalue weighted by Gasteiger charge is -2.05.